The summed E-state index contributed by atoms with van der Waals surface area (Å²) in [6, 6.07) is 8.45. The first-order valence-corrected chi connectivity index (χ1v) is 8.46. The fourth-order valence-corrected chi connectivity index (χ4v) is 3.41. The Bertz CT molecular complexity index is 979. The summed E-state index contributed by atoms with van der Waals surface area (Å²) in [5, 5.41) is 2.73. The molecule has 0 bridgehead atoms. The quantitative estimate of drug-likeness (QED) is 0.722. The lowest BCUT2D eigenvalue weighted by Crippen LogP contribution is -2.38. The van der Waals surface area contributed by atoms with Crippen LogP contribution in [-0.2, 0) is 0 Å². The molecule has 1 aromatic carbocycles. The Balaban J connectivity index is 1.40. The summed E-state index contributed by atoms with van der Waals surface area (Å²) in [6.07, 6.45) is 1.48. The van der Waals surface area contributed by atoms with Gasteiger partial charge in [0.1, 0.15) is 5.69 Å². The summed E-state index contributed by atoms with van der Waals surface area (Å²) in [6.45, 7) is 0.271. The zero-order valence-electron chi connectivity index (χ0n) is 12.9. The molecule has 8 heteroatoms. The van der Waals surface area contributed by atoms with Gasteiger partial charge in [0.2, 0.25) is 0 Å². The first-order valence-electron chi connectivity index (χ1n) is 7.58. The molecule has 0 fully saturated rings. The Kier molecular flexibility index (Phi) is 3.73. The van der Waals surface area contributed by atoms with Crippen LogP contribution >= 0.6 is 11.3 Å². The van der Waals surface area contributed by atoms with E-state index in [0.717, 1.165) is 15.1 Å². The molecule has 1 aliphatic rings. The number of carbonyl (C=O) groups excluding carboxylic acids is 3. The fourth-order valence-electron chi connectivity index (χ4n) is 2.70. The molecule has 2 aromatic heterocycles. The number of hydrogen-bond donors (Lipinski definition) is 1. The summed E-state index contributed by atoms with van der Waals surface area (Å²) >= 11 is 1.46. The van der Waals surface area contributed by atoms with Gasteiger partial charge in [0.05, 0.1) is 21.3 Å². The van der Waals surface area contributed by atoms with Gasteiger partial charge < -0.3 is 5.32 Å². The van der Waals surface area contributed by atoms with E-state index in [0.29, 0.717) is 11.1 Å². The molecule has 0 saturated carbocycles. The lowest BCUT2D eigenvalue weighted by molar-refractivity contribution is 0.0648. The SMILES string of the molecule is O=C(NCCN1C(=O)c2cccnc2C1=O)c1ccc2ncsc2c1. The molecular weight excluding hydrogens is 340 g/mol. The molecule has 3 amide bonds. The number of hydrogen-bond acceptors (Lipinski definition) is 6. The molecule has 7 nitrogen and oxygen atoms in total. The molecule has 0 spiro atoms. The van der Waals surface area contributed by atoms with E-state index in [-0.39, 0.29) is 30.6 Å². The molecule has 3 aromatic rings. The molecular formula is C17H12N4O3S. The van der Waals surface area contributed by atoms with Gasteiger partial charge in [-0.25, -0.2) is 4.98 Å². The Morgan fingerprint density at radius 1 is 1.16 bits per heavy atom. The van der Waals surface area contributed by atoms with Crippen LogP contribution < -0.4 is 5.32 Å². The summed E-state index contributed by atoms with van der Waals surface area (Å²) in [7, 11) is 0. The first-order chi connectivity index (χ1) is 12.1. The van der Waals surface area contributed by atoms with Crippen LogP contribution in [0.4, 0.5) is 0 Å². The van der Waals surface area contributed by atoms with Gasteiger partial charge >= 0.3 is 0 Å². The smallest absolute Gasteiger partial charge is 0.280 e. The third kappa shape index (κ3) is 2.66. The molecule has 0 saturated heterocycles. The van der Waals surface area contributed by atoms with Crippen molar-refractivity contribution in [3.63, 3.8) is 0 Å². The van der Waals surface area contributed by atoms with E-state index in [1.807, 2.05) is 0 Å². The van der Waals surface area contributed by atoms with Crippen LogP contribution in [0.3, 0.4) is 0 Å². The normalized spacial score (nSPS) is 13.4. The predicted octanol–water partition coefficient (Wildman–Crippen LogP) is 1.72. The topological polar surface area (TPSA) is 92.3 Å². The maximum absolute atomic E-state index is 12.2. The Morgan fingerprint density at radius 2 is 2.04 bits per heavy atom. The zero-order chi connectivity index (χ0) is 17.4. The lowest BCUT2D eigenvalue weighted by Gasteiger charge is -2.13. The Hall–Kier alpha value is -3.13. The van der Waals surface area contributed by atoms with Crippen molar-refractivity contribution in [3.05, 3.63) is 58.9 Å². The molecule has 3 heterocycles. The van der Waals surface area contributed by atoms with Crippen LogP contribution in [0.15, 0.2) is 42.0 Å². The highest BCUT2D eigenvalue weighted by Crippen LogP contribution is 2.20. The van der Waals surface area contributed by atoms with Gasteiger partial charge in [-0.05, 0) is 30.3 Å². The van der Waals surface area contributed by atoms with Crippen molar-refractivity contribution in [2.45, 2.75) is 0 Å². The van der Waals surface area contributed by atoms with E-state index in [4.69, 9.17) is 0 Å². The highest BCUT2D eigenvalue weighted by Gasteiger charge is 2.36. The number of pyridine rings is 1. The van der Waals surface area contributed by atoms with Crippen molar-refractivity contribution in [1.29, 1.82) is 0 Å². The van der Waals surface area contributed by atoms with E-state index in [9.17, 15) is 14.4 Å². The van der Waals surface area contributed by atoms with Crippen LogP contribution in [0, 0.1) is 0 Å². The van der Waals surface area contributed by atoms with Crippen molar-refractivity contribution in [3.8, 4) is 0 Å². The van der Waals surface area contributed by atoms with Crippen molar-refractivity contribution in [2.24, 2.45) is 0 Å². The highest BCUT2D eigenvalue weighted by molar-refractivity contribution is 7.16. The van der Waals surface area contributed by atoms with Gasteiger partial charge in [0, 0.05) is 24.8 Å². The number of aromatic nitrogens is 2. The molecule has 4 rings (SSSR count). The van der Waals surface area contributed by atoms with E-state index in [1.165, 1.54) is 17.5 Å². The number of carbonyl (C=O) groups is 3. The number of rotatable bonds is 4. The molecule has 0 aliphatic carbocycles. The predicted molar refractivity (Wildman–Crippen MR) is 91.6 cm³/mol. The van der Waals surface area contributed by atoms with E-state index in [1.54, 1.807) is 35.8 Å². The molecule has 0 radical (unpaired) electrons. The zero-order valence-corrected chi connectivity index (χ0v) is 13.7. The van der Waals surface area contributed by atoms with Gasteiger partial charge in [-0.1, -0.05) is 0 Å². The number of nitrogens with one attached hydrogen (secondary N) is 1. The minimum absolute atomic E-state index is 0.0998. The highest BCUT2D eigenvalue weighted by atomic mass is 32.1. The van der Waals surface area contributed by atoms with Crippen LogP contribution in [0.2, 0.25) is 0 Å². The third-order valence-corrected chi connectivity index (χ3v) is 4.74. The average Bonchev–Trinajstić information content (AvgIpc) is 3.20. The monoisotopic (exact) mass is 352 g/mol. The molecule has 124 valence electrons. The second-order valence-corrected chi connectivity index (χ2v) is 6.34. The number of thiazole rings is 1. The largest absolute Gasteiger partial charge is 0.350 e. The molecule has 1 aliphatic heterocycles. The van der Waals surface area contributed by atoms with E-state index in [2.05, 4.69) is 15.3 Å². The number of nitrogens with zero attached hydrogens (tertiary/aromatic N) is 3. The minimum atomic E-state index is -0.430. The number of amides is 3. The van der Waals surface area contributed by atoms with Gasteiger partial charge in [0.15, 0.2) is 0 Å². The lowest BCUT2D eigenvalue weighted by atomic mass is 10.2. The van der Waals surface area contributed by atoms with Crippen LogP contribution in [0.1, 0.15) is 31.2 Å². The Morgan fingerprint density at radius 3 is 2.88 bits per heavy atom. The summed E-state index contributed by atoms with van der Waals surface area (Å²) in [5.74, 6) is -1.07. The molecule has 0 atom stereocenters. The van der Waals surface area contributed by atoms with E-state index < -0.39 is 5.91 Å². The summed E-state index contributed by atoms with van der Waals surface area (Å²) in [5.41, 5.74) is 3.55. The minimum Gasteiger partial charge on any atom is -0.350 e. The summed E-state index contributed by atoms with van der Waals surface area (Å²) in [4.78, 5) is 45.9. The van der Waals surface area contributed by atoms with Crippen molar-refractivity contribution in [2.75, 3.05) is 13.1 Å². The molecule has 0 unspecified atom stereocenters. The maximum atomic E-state index is 12.2. The van der Waals surface area contributed by atoms with Crippen LogP contribution in [0.5, 0.6) is 0 Å². The maximum Gasteiger partial charge on any atom is 0.280 e. The van der Waals surface area contributed by atoms with Gasteiger partial charge in [-0.3, -0.25) is 24.3 Å². The number of imide groups is 1. The van der Waals surface area contributed by atoms with Crippen LogP contribution in [0.25, 0.3) is 10.2 Å². The van der Waals surface area contributed by atoms with Crippen molar-refractivity contribution < 1.29 is 14.4 Å². The van der Waals surface area contributed by atoms with Gasteiger partial charge in [-0.15, -0.1) is 11.3 Å². The summed E-state index contributed by atoms with van der Waals surface area (Å²) < 4.78 is 0.930. The van der Waals surface area contributed by atoms with Crippen molar-refractivity contribution in [1.82, 2.24) is 20.2 Å². The standard InChI is InChI=1S/C17H12N4O3S/c22-15(10-3-4-12-13(8-10)25-9-20-12)19-6-7-21-16(23)11-2-1-5-18-14(11)17(21)24/h1-5,8-9H,6-7H2,(H,19,22). The molecule has 25 heavy (non-hydrogen) atoms. The third-order valence-electron chi connectivity index (χ3n) is 3.95. The van der Waals surface area contributed by atoms with Crippen LogP contribution in [-0.4, -0.2) is 45.7 Å². The second-order valence-electron chi connectivity index (χ2n) is 5.45. The Labute approximate surface area is 146 Å². The van der Waals surface area contributed by atoms with E-state index >= 15 is 0 Å². The van der Waals surface area contributed by atoms with Gasteiger partial charge in [-0.2, -0.15) is 0 Å². The fraction of sp³-hybridized carbons (Fsp3) is 0.118. The number of fused-ring (bicyclic) bond motifs is 2. The average molecular weight is 352 g/mol. The van der Waals surface area contributed by atoms with Gasteiger partial charge in [0.25, 0.3) is 17.7 Å². The number of benzene rings is 1. The van der Waals surface area contributed by atoms with Crippen molar-refractivity contribution >= 4 is 39.3 Å². The first kappa shape index (κ1) is 15.4. The second kappa shape index (κ2) is 6.06. The molecule has 1 N–H and O–H groups in total.